The Balaban J connectivity index is 1.49. The number of nitrogens with zero attached hydrogens (tertiary/aromatic N) is 1. The van der Waals surface area contributed by atoms with Gasteiger partial charge in [-0.1, -0.05) is 36.4 Å². The van der Waals surface area contributed by atoms with Gasteiger partial charge in [-0.25, -0.2) is 4.79 Å². The number of carbonyl (C=O) groups is 2. The van der Waals surface area contributed by atoms with Gasteiger partial charge < -0.3 is 15.0 Å². The van der Waals surface area contributed by atoms with Gasteiger partial charge in [-0.05, 0) is 29.7 Å². The number of nitrogens with one attached hydrogen (secondary N) is 1. The van der Waals surface area contributed by atoms with Crippen molar-refractivity contribution in [3.05, 3.63) is 71.4 Å². The number of aromatic carboxylic acids is 1. The molecule has 2 heterocycles. The number of benzene rings is 2. The van der Waals surface area contributed by atoms with Crippen molar-refractivity contribution < 1.29 is 14.7 Å². The lowest BCUT2D eigenvalue weighted by atomic mass is 9.93. The lowest BCUT2D eigenvalue weighted by molar-refractivity contribution is -0.129. The van der Waals surface area contributed by atoms with Gasteiger partial charge in [0.2, 0.25) is 5.91 Å². The Morgan fingerprint density at radius 2 is 1.88 bits per heavy atom. The minimum atomic E-state index is -0.913. The number of fused-ring (bicyclic) bond motifs is 1. The Labute approximate surface area is 151 Å². The first-order valence-electron chi connectivity index (χ1n) is 8.78. The number of amides is 1. The number of hydrogen-bond donors (Lipinski definition) is 2. The molecular formula is C21H20N2O3. The molecule has 5 heteroatoms. The third kappa shape index (κ3) is 2.96. The maximum Gasteiger partial charge on any atom is 0.335 e. The van der Waals surface area contributed by atoms with Gasteiger partial charge >= 0.3 is 5.97 Å². The van der Waals surface area contributed by atoms with Crippen molar-refractivity contribution in [1.82, 2.24) is 9.88 Å². The highest BCUT2D eigenvalue weighted by Gasteiger charge is 2.29. The number of aromatic amines is 1. The molecule has 1 aliphatic heterocycles. The average molecular weight is 348 g/mol. The van der Waals surface area contributed by atoms with E-state index in [0.717, 1.165) is 28.5 Å². The third-order valence-corrected chi connectivity index (χ3v) is 5.19. The van der Waals surface area contributed by atoms with Crippen LogP contribution in [0.3, 0.4) is 0 Å². The van der Waals surface area contributed by atoms with Crippen molar-refractivity contribution in [1.29, 1.82) is 0 Å². The number of hydrogen-bond acceptors (Lipinski definition) is 2. The molecule has 2 N–H and O–H groups in total. The summed E-state index contributed by atoms with van der Waals surface area (Å²) in [6.07, 6.45) is 3.05. The van der Waals surface area contributed by atoms with Crippen LogP contribution in [0.2, 0.25) is 0 Å². The fraction of sp³-hybridized carbons (Fsp3) is 0.238. The van der Waals surface area contributed by atoms with Crippen LogP contribution >= 0.6 is 0 Å². The van der Waals surface area contributed by atoms with E-state index in [2.05, 4.69) is 4.98 Å². The van der Waals surface area contributed by atoms with Crippen molar-refractivity contribution in [2.45, 2.75) is 18.8 Å². The number of H-pyrrole nitrogens is 1. The summed E-state index contributed by atoms with van der Waals surface area (Å²) in [6, 6.07) is 15.0. The maximum absolute atomic E-state index is 12.7. The SMILES string of the molecule is O=C(O)c1ccccc1C1CCN(C(=O)Cc2c[nH]c3ccccc23)C1. The van der Waals surface area contributed by atoms with Gasteiger partial charge in [-0.2, -0.15) is 0 Å². The summed E-state index contributed by atoms with van der Waals surface area (Å²) in [5.41, 5.74) is 3.19. The van der Waals surface area contributed by atoms with Crippen LogP contribution in [0.5, 0.6) is 0 Å². The van der Waals surface area contributed by atoms with Gasteiger partial charge in [-0.3, -0.25) is 4.79 Å². The van der Waals surface area contributed by atoms with E-state index >= 15 is 0 Å². The zero-order chi connectivity index (χ0) is 18.1. The summed E-state index contributed by atoms with van der Waals surface area (Å²) >= 11 is 0. The van der Waals surface area contributed by atoms with E-state index in [0.29, 0.717) is 25.1 Å². The minimum absolute atomic E-state index is 0.0780. The van der Waals surface area contributed by atoms with E-state index in [4.69, 9.17) is 0 Å². The first kappa shape index (κ1) is 16.4. The smallest absolute Gasteiger partial charge is 0.335 e. The van der Waals surface area contributed by atoms with Gasteiger partial charge in [0, 0.05) is 36.1 Å². The number of carboxylic acids is 1. The van der Waals surface area contributed by atoms with Crippen LogP contribution in [0.1, 0.15) is 33.8 Å². The zero-order valence-electron chi connectivity index (χ0n) is 14.3. The molecule has 1 fully saturated rings. The van der Waals surface area contributed by atoms with Gasteiger partial charge in [-0.15, -0.1) is 0 Å². The van der Waals surface area contributed by atoms with E-state index in [-0.39, 0.29) is 11.8 Å². The molecule has 5 nitrogen and oxygen atoms in total. The number of aromatic nitrogens is 1. The normalized spacial score (nSPS) is 16.9. The summed E-state index contributed by atoms with van der Waals surface area (Å²) in [5.74, 6) is -0.747. The summed E-state index contributed by atoms with van der Waals surface area (Å²) in [7, 11) is 0. The Morgan fingerprint density at radius 1 is 1.12 bits per heavy atom. The monoisotopic (exact) mass is 348 g/mol. The van der Waals surface area contributed by atoms with Gasteiger partial charge in [0.1, 0.15) is 0 Å². The van der Waals surface area contributed by atoms with Crippen molar-refractivity contribution in [2.75, 3.05) is 13.1 Å². The lowest BCUT2D eigenvalue weighted by Gasteiger charge is -2.17. The predicted molar refractivity (Wildman–Crippen MR) is 99.3 cm³/mol. The second-order valence-electron chi connectivity index (χ2n) is 6.75. The van der Waals surface area contributed by atoms with Gasteiger partial charge in [0.05, 0.1) is 12.0 Å². The average Bonchev–Trinajstić information content (AvgIpc) is 3.29. The molecule has 1 aliphatic rings. The number of carboxylic acid groups (broad SMARTS) is 1. The van der Waals surface area contributed by atoms with E-state index in [9.17, 15) is 14.7 Å². The molecule has 1 unspecified atom stereocenters. The molecular weight excluding hydrogens is 328 g/mol. The molecule has 0 bridgehead atoms. The first-order valence-corrected chi connectivity index (χ1v) is 8.78. The van der Waals surface area contributed by atoms with Crippen LogP contribution in [0.25, 0.3) is 10.9 Å². The number of likely N-dealkylation sites (tertiary alicyclic amines) is 1. The van der Waals surface area contributed by atoms with E-state index in [1.807, 2.05) is 47.5 Å². The first-order chi connectivity index (χ1) is 12.6. The largest absolute Gasteiger partial charge is 0.478 e. The molecule has 132 valence electrons. The van der Waals surface area contributed by atoms with Crippen molar-refractivity contribution >= 4 is 22.8 Å². The number of para-hydroxylation sites is 1. The van der Waals surface area contributed by atoms with Crippen LogP contribution in [-0.2, 0) is 11.2 Å². The molecule has 26 heavy (non-hydrogen) atoms. The molecule has 2 aromatic carbocycles. The predicted octanol–water partition coefficient (Wildman–Crippen LogP) is 3.42. The van der Waals surface area contributed by atoms with Crippen LogP contribution in [-0.4, -0.2) is 40.0 Å². The standard InChI is InChI=1S/C21H20N2O3/c24-20(11-15-12-22-19-8-4-3-6-17(15)19)23-10-9-14(13-23)16-5-1-2-7-18(16)21(25)26/h1-8,12,14,22H,9-11,13H2,(H,25,26). The summed E-state index contributed by atoms with van der Waals surface area (Å²) in [5, 5.41) is 10.5. The van der Waals surface area contributed by atoms with E-state index < -0.39 is 5.97 Å². The zero-order valence-corrected chi connectivity index (χ0v) is 14.3. The molecule has 4 rings (SSSR count). The second kappa shape index (κ2) is 6.67. The van der Waals surface area contributed by atoms with E-state index in [1.54, 1.807) is 12.1 Å². The third-order valence-electron chi connectivity index (χ3n) is 5.19. The quantitative estimate of drug-likeness (QED) is 0.759. The van der Waals surface area contributed by atoms with Gasteiger partial charge in [0.25, 0.3) is 0 Å². The molecule has 1 amide bonds. The molecule has 3 aromatic rings. The minimum Gasteiger partial charge on any atom is -0.478 e. The van der Waals surface area contributed by atoms with Crippen molar-refractivity contribution in [3.63, 3.8) is 0 Å². The summed E-state index contributed by atoms with van der Waals surface area (Å²) in [4.78, 5) is 29.2. The molecule has 0 spiro atoms. The maximum atomic E-state index is 12.7. The molecule has 0 aliphatic carbocycles. The Bertz CT molecular complexity index is 976. The number of rotatable bonds is 4. The fourth-order valence-electron chi connectivity index (χ4n) is 3.84. The van der Waals surface area contributed by atoms with Crippen LogP contribution in [0.15, 0.2) is 54.7 Å². The Hall–Kier alpha value is -3.08. The van der Waals surface area contributed by atoms with Crippen LogP contribution in [0, 0.1) is 0 Å². The highest BCUT2D eigenvalue weighted by atomic mass is 16.4. The second-order valence-corrected chi connectivity index (χ2v) is 6.75. The van der Waals surface area contributed by atoms with Crippen molar-refractivity contribution in [3.8, 4) is 0 Å². The Kier molecular flexibility index (Phi) is 4.21. The molecule has 1 atom stereocenters. The summed E-state index contributed by atoms with van der Waals surface area (Å²) in [6.45, 7) is 1.24. The van der Waals surface area contributed by atoms with Crippen LogP contribution < -0.4 is 0 Å². The van der Waals surface area contributed by atoms with Gasteiger partial charge in [0.15, 0.2) is 0 Å². The van der Waals surface area contributed by atoms with Crippen molar-refractivity contribution in [2.24, 2.45) is 0 Å². The highest BCUT2D eigenvalue weighted by molar-refractivity contribution is 5.90. The molecule has 1 aromatic heterocycles. The molecule has 0 radical (unpaired) electrons. The highest BCUT2D eigenvalue weighted by Crippen LogP contribution is 2.30. The Morgan fingerprint density at radius 3 is 2.73 bits per heavy atom. The topological polar surface area (TPSA) is 73.4 Å². The fourth-order valence-corrected chi connectivity index (χ4v) is 3.84. The lowest BCUT2D eigenvalue weighted by Crippen LogP contribution is -2.30. The molecule has 0 saturated carbocycles. The van der Waals surface area contributed by atoms with E-state index in [1.165, 1.54) is 0 Å². The number of carbonyl (C=O) groups excluding carboxylic acids is 1. The molecule has 1 saturated heterocycles. The van der Waals surface area contributed by atoms with Crippen LogP contribution in [0.4, 0.5) is 0 Å². The summed E-state index contributed by atoms with van der Waals surface area (Å²) < 4.78 is 0.